The summed E-state index contributed by atoms with van der Waals surface area (Å²) in [6.45, 7) is 6.41. The maximum Gasteiger partial charge on any atom is 0.306 e. The van der Waals surface area contributed by atoms with Gasteiger partial charge in [0.1, 0.15) is 13.2 Å². The average Bonchev–Trinajstić information content (AvgIpc) is 3.37. The molecule has 0 aromatic heterocycles. The van der Waals surface area contributed by atoms with Crippen LogP contribution in [0.15, 0.2) is 109 Å². The number of hydrogen-bond acceptors (Lipinski definition) is 6. The predicted molar refractivity (Wildman–Crippen MR) is 307 cm³/mol. The molecule has 6 nitrogen and oxygen atoms in total. The number of carbonyl (C=O) groups is 3. The van der Waals surface area contributed by atoms with Gasteiger partial charge in [0.15, 0.2) is 6.10 Å². The molecule has 0 aliphatic rings. The molecule has 0 aliphatic carbocycles. The molecule has 0 amide bonds. The molecule has 0 aromatic carbocycles. The van der Waals surface area contributed by atoms with Gasteiger partial charge in [-0.15, -0.1) is 0 Å². The predicted octanol–water partition coefficient (Wildman–Crippen LogP) is 19.9. The lowest BCUT2D eigenvalue weighted by molar-refractivity contribution is -0.166. The zero-order valence-electron chi connectivity index (χ0n) is 46.2. The van der Waals surface area contributed by atoms with Crippen molar-refractivity contribution in [1.82, 2.24) is 0 Å². The zero-order valence-corrected chi connectivity index (χ0v) is 46.2. The van der Waals surface area contributed by atoms with Gasteiger partial charge in [-0.1, -0.05) is 259 Å². The minimum atomic E-state index is -0.831. The summed E-state index contributed by atoms with van der Waals surface area (Å²) in [5, 5.41) is 0. The Morgan fingerprint density at radius 3 is 0.972 bits per heavy atom. The molecule has 0 N–H and O–H groups in total. The number of unbranched alkanes of at least 4 members (excludes halogenated alkanes) is 23. The van der Waals surface area contributed by atoms with Crippen molar-refractivity contribution >= 4 is 17.9 Å². The van der Waals surface area contributed by atoms with Crippen LogP contribution in [0.25, 0.3) is 0 Å². The van der Waals surface area contributed by atoms with E-state index in [0.29, 0.717) is 19.3 Å². The third-order valence-electron chi connectivity index (χ3n) is 12.3. The van der Waals surface area contributed by atoms with Gasteiger partial charge in [0, 0.05) is 19.3 Å². The minimum absolute atomic E-state index is 0.117. The molecule has 0 bridgehead atoms. The molecule has 0 unspecified atom stereocenters. The van der Waals surface area contributed by atoms with Crippen LogP contribution < -0.4 is 0 Å². The molecule has 6 heteroatoms. The second kappa shape index (κ2) is 58.6. The van der Waals surface area contributed by atoms with Crippen molar-refractivity contribution < 1.29 is 28.6 Å². The van der Waals surface area contributed by atoms with Gasteiger partial charge in [0.2, 0.25) is 0 Å². The molecule has 0 aliphatic heterocycles. The van der Waals surface area contributed by atoms with E-state index in [1.807, 2.05) is 6.08 Å². The lowest BCUT2D eigenvalue weighted by Gasteiger charge is -2.18. The third kappa shape index (κ3) is 56.9. The fourth-order valence-electron chi connectivity index (χ4n) is 7.89. The molecule has 0 rings (SSSR count). The summed E-state index contributed by atoms with van der Waals surface area (Å²) in [6, 6.07) is 0. The SMILES string of the molecule is CC/C=C\C/C=C\C/C=C\C/C=C\CCCCC(=O)O[C@H](COC(=O)CC/C=C\C/C=C\C/C=C\C/C=C\C/C=C\CCCCC)COC(=O)CCCCCCCCCCCCCCCCCCCCC. The quantitative estimate of drug-likeness (QED) is 0.0261. The van der Waals surface area contributed by atoms with Crippen LogP contribution in [0.1, 0.15) is 265 Å². The van der Waals surface area contributed by atoms with Gasteiger partial charge in [-0.05, 0) is 96.3 Å². The van der Waals surface area contributed by atoms with Crippen LogP contribution >= 0.6 is 0 Å². The summed E-state index contributed by atoms with van der Waals surface area (Å²) in [6.07, 6.45) is 79.6. The second-order valence-electron chi connectivity index (χ2n) is 19.2. The van der Waals surface area contributed by atoms with Crippen LogP contribution in [0.5, 0.6) is 0 Å². The summed E-state index contributed by atoms with van der Waals surface area (Å²) >= 11 is 0. The van der Waals surface area contributed by atoms with Crippen LogP contribution in [-0.4, -0.2) is 37.2 Å². The van der Waals surface area contributed by atoms with Crippen LogP contribution in [-0.2, 0) is 28.6 Å². The van der Waals surface area contributed by atoms with E-state index in [2.05, 4.69) is 124 Å². The smallest absolute Gasteiger partial charge is 0.306 e. The van der Waals surface area contributed by atoms with Crippen LogP contribution in [0, 0.1) is 0 Å². The number of esters is 3. The first-order valence-electron chi connectivity index (χ1n) is 29.4. The lowest BCUT2D eigenvalue weighted by Crippen LogP contribution is -2.30. The highest BCUT2D eigenvalue weighted by Gasteiger charge is 2.19. The summed E-state index contributed by atoms with van der Waals surface area (Å²) in [5.74, 6) is -1.04. The molecule has 0 saturated carbocycles. The van der Waals surface area contributed by atoms with E-state index in [1.165, 1.54) is 128 Å². The molecular formula is C65H108O6. The summed E-state index contributed by atoms with van der Waals surface area (Å²) in [5.41, 5.74) is 0. The van der Waals surface area contributed by atoms with Crippen molar-refractivity contribution in [2.24, 2.45) is 0 Å². The van der Waals surface area contributed by atoms with Crippen molar-refractivity contribution in [1.29, 1.82) is 0 Å². The van der Waals surface area contributed by atoms with E-state index in [-0.39, 0.29) is 44.0 Å². The maximum atomic E-state index is 12.8. The van der Waals surface area contributed by atoms with E-state index >= 15 is 0 Å². The second-order valence-corrected chi connectivity index (χ2v) is 19.2. The Morgan fingerprint density at radius 2 is 0.577 bits per heavy atom. The van der Waals surface area contributed by atoms with Crippen molar-refractivity contribution in [2.45, 2.75) is 271 Å². The summed E-state index contributed by atoms with van der Waals surface area (Å²) < 4.78 is 16.8. The van der Waals surface area contributed by atoms with Crippen LogP contribution in [0.3, 0.4) is 0 Å². The Morgan fingerprint density at radius 1 is 0.296 bits per heavy atom. The topological polar surface area (TPSA) is 78.9 Å². The van der Waals surface area contributed by atoms with Crippen molar-refractivity contribution in [3.8, 4) is 0 Å². The third-order valence-corrected chi connectivity index (χ3v) is 12.3. The molecule has 404 valence electrons. The van der Waals surface area contributed by atoms with E-state index in [4.69, 9.17) is 14.2 Å². The zero-order chi connectivity index (χ0) is 51.4. The number of allylic oxidation sites excluding steroid dienone is 18. The average molecular weight is 986 g/mol. The first-order valence-corrected chi connectivity index (χ1v) is 29.4. The molecule has 0 spiro atoms. The van der Waals surface area contributed by atoms with Gasteiger partial charge < -0.3 is 14.2 Å². The summed E-state index contributed by atoms with van der Waals surface area (Å²) in [4.78, 5) is 38.1. The highest BCUT2D eigenvalue weighted by atomic mass is 16.6. The van der Waals surface area contributed by atoms with Crippen LogP contribution in [0.4, 0.5) is 0 Å². The molecular weight excluding hydrogens is 877 g/mol. The lowest BCUT2D eigenvalue weighted by atomic mass is 10.0. The monoisotopic (exact) mass is 985 g/mol. The van der Waals surface area contributed by atoms with Crippen molar-refractivity contribution in [3.05, 3.63) is 109 Å². The standard InChI is InChI=1S/C65H108O6/c1-4-7-10-13-16-19-22-25-28-30-32-34-37-39-42-45-48-51-54-57-63(66)69-60-62(71-65(68)59-56-53-50-47-44-41-36-27-24-21-18-15-12-9-6-3)61-70-64(67)58-55-52-49-46-43-40-38-35-33-31-29-26-23-20-17-14-11-8-5-2/h9,12,16,18-19,21,25,27-28,32,34,36,39,42,44,47-48,51,62H,4-8,10-11,13-15,17,20,22-24,26,29-31,33,35,37-38,40-41,43,45-46,49-50,52-61H2,1-3H3/b12-9-,19-16-,21-18-,28-25-,34-32-,36-27-,42-39-,47-44-,51-48-/t62-/m1/s1. The van der Waals surface area contributed by atoms with E-state index < -0.39 is 6.10 Å². The number of ether oxygens (including phenoxy) is 3. The molecule has 1 atom stereocenters. The Kier molecular flexibility index (Phi) is 55.4. The Labute approximate surface area is 438 Å². The molecule has 71 heavy (non-hydrogen) atoms. The van der Waals surface area contributed by atoms with Gasteiger partial charge in [-0.3, -0.25) is 14.4 Å². The fourth-order valence-corrected chi connectivity index (χ4v) is 7.89. The van der Waals surface area contributed by atoms with Gasteiger partial charge in [0.25, 0.3) is 0 Å². The van der Waals surface area contributed by atoms with E-state index in [1.54, 1.807) is 0 Å². The molecule has 0 heterocycles. The first-order chi connectivity index (χ1) is 35.0. The number of rotatable bonds is 52. The van der Waals surface area contributed by atoms with Gasteiger partial charge >= 0.3 is 17.9 Å². The Hall–Kier alpha value is -3.93. The molecule has 0 saturated heterocycles. The minimum Gasteiger partial charge on any atom is -0.462 e. The normalized spacial score (nSPS) is 12.9. The first kappa shape index (κ1) is 67.1. The fraction of sp³-hybridized carbons (Fsp3) is 0.677. The van der Waals surface area contributed by atoms with Crippen molar-refractivity contribution in [2.75, 3.05) is 13.2 Å². The van der Waals surface area contributed by atoms with E-state index in [9.17, 15) is 14.4 Å². The molecule has 0 radical (unpaired) electrons. The number of hydrogen-bond donors (Lipinski definition) is 0. The summed E-state index contributed by atoms with van der Waals surface area (Å²) in [7, 11) is 0. The largest absolute Gasteiger partial charge is 0.462 e. The number of carbonyl (C=O) groups excluding carboxylic acids is 3. The Balaban J connectivity index is 4.52. The highest BCUT2D eigenvalue weighted by Crippen LogP contribution is 2.16. The van der Waals surface area contributed by atoms with Crippen LogP contribution in [0.2, 0.25) is 0 Å². The maximum absolute atomic E-state index is 12.8. The van der Waals surface area contributed by atoms with Gasteiger partial charge in [-0.25, -0.2) is 0 Å². The highest BCUT2D eigenvalue weighted by molar-refractivity contribution is 5.71. The molecule has 0 fully saturated rings. The van der Waals surface area contributed by atoms with Gasteiger partial charge in [-0.2, -0.15) is 0 Å². The van der Waals surface area contributed by atoms with Gasteiger partial charge in [0.05, 0.1) is 0 Å². The van der Waals surface area contributed by atoms with Crippen molar-refractivity contribution in [3.63, 3.8) is 0 Å². The molecule has 0 aromatic rings. The Bertz CT molecular complexity index is 1460. The van der Waals surface area contributed by atoms with E-state index in [0.717, 1.165) is 83.5 Å².